The van der Waals surface area contributed by atoms with Crippen molar-refractivity contribution < 1.29 is 14.7 Å². The third-order valence-corrected chi connectivity index (χ3v) is 3.61. The lowest BCUT2D eigenvalue weighted by molar-refractivity contribution is -0.135. The second-order valence-electron chi connectivity index (χ2n) is 4.89. The predicted octanol–water partition coefficient (Wildman–Crippen LogP) is 2.88. The fourth-order valence-corrected chi connectivity index (χ4v) is 2.49. The Hall–Kier alpha value is -1.75. The number of urea groups is 1. The summed E-state index contributed by atoms with van der Waals surface area (Å²) in [5.41, 5.74) is 0.521. The molecule has 0 unspecified atom stereocenters. The minimum absolute atomic E-state index is 0.145. The van der Waals surface area contributed by atoms with Crippen molar-refractivity contribution in [1.82, 2.24) is 5.32 Å². The number of nitrogens with one attached hydrogen (secondary N) is 1. The summed E-state index contributed by atoms with van der Waals surface area (Å²) >= 11 is 5.80. The standard InChI is InChI=1S/C14H17ClN2O3/c15-10-5-7-12(8-6-10)17(9-13(18)19)14(20)16-11-3-1-2-4-11/h5-8,11H,1-4,9H2,(H,16,20)(H,18,19). The lowest BCUT2D eigenvalue weighted by Gasteiger charge is -2.23. The Bertz CT molecular complexity index is 484. The van der Waals surface area contributed by atoms with Crippen LogP contribution in [0.2, 0.25) is 5.02 Å². The Morgan fingerprint density at radius 1 is 1.25 bits per heavy atom. The monoisotopic (exact) mass is 296 g/mol. The van der Waals surface area contributed by atoms with Crippen LogP contribution in [0, 0.1) is 0 Å². The topological polar surface area (TPSA) is 69.6 Å². The van der Waals surface area contributed by atoms with Gasteiger partial charge in [0.2, 0.25) is 0 Å². The van der Waals surface area contributed by atoms with Crippen molar-refractivity contribution >= 4 is 29.3 Å². The number of aliphatic carboxylic acids is 1. The lowest BCUT2D eigenvalue weighted by atomic mass is 10.2. The van der Waals surface area contributed by atoms with Crippen LogP contribution in [0.3, 0.4) is 0 Å². The van der Waals surface area contributed by atoms with Crippen LogP contribution in [0.25, 0.3) is 0 Å². The van der Waals surface area contributed by atoms with E-state index in [0.717, 1.165) is 25.7 Å². The van der Waals surface area contributed by atoms with E-state index in [1.54, 1.807) is 24.3 Å². The summed E-state index contributed by atoms with van der Waals surface area (Å²) in [6, 6.07) is 6.31. The lowest BCUT2D eigenvalue weighted by Crippen LogP contribution is -2.46. The number of carbonyl (C=O) groups excluding carboxylic acids is 1. The largest absolute Gasteiger partial charge is 0.480 e. The number of hydrogen-bond donors (Lipinski definition) is 2. The van der Waals surface area contributed by atoms with Crippen LogP contribution in [0.5, 0.6) is 0 Å². The zero-order valence-electron chi connectivity index (χ0n) is 11.0. The fraction of sp³-hybridized carbons (Fsp3) is 0.429. The zero-order valence-corrected chi connectivity index (χ0v) is 11.8. The van der Waals surface area contributed by atoms with Crippen LogP contribution >= 0.6 is 11.6 Å². The number of nitrogens with zero attached hydrogens (tertiary/aromatic N) is 1. The highest BCUT2D eigenvalue weighted by atomic mass is 35.5. The van der Waals surface area contributed by atoms with Crippen LogP contribution in [0.4, 0.5) is 10.5 Å². The van der Waals surface area contributed by atoms with Crippen molar-refractivity contribution in [2.45, 2.75) is 31.7 Å². The van der Waals surface area contributed by atoms with Crippen molar-refractivity contribution in [3.63, 3.8) is 0 Å². The third-order valence-electron chi connectivity index (χ3n) is 3.36. The highest BCUT2D eigenvalue weighted by Gasteiger charge is 2.23. The molecule has 1 saturated carbocycles. The highest BCUT2D eigenvalue weighted by molar-refractivity contribution is 6.30. The molecule has 0 heterocycles. The molecule has 0 atom stereocenters. The third kappa shape index (κ3) is 3.87. The second kappa shape index (κ2) is 6.61. The number of rotatable bonds is 4. The molecule has 0 saturated heterocycles. The molecule has 2 N–H and O–H groups in total. The molecule has 0 aromatic heterocycles. The van der Waals surface area contributed by atoms with E-state index in [-0.39, 0.29) is 18.6 Å². The minimum atomic E-state index is -1.05. The van der Waals surface area contributed by atoms with Gasteiger partial charge in [-0.2, -0.15) is 0 Å². The summed E-state index contributed by atoms with van der Waals surface area (Å²) in [6.07, 6.45) is 4.11. The molecule has 20 heavy (non-hydrogen) atoms. The number of carboxylic acids is 1. The Morgan fingerprint density at radius 3 is 2.40 bits per heavy atom. The SMILES string of the molecule is O=C(O)CN(C(=O)NC1CCCC1)c1ccc(Cl)cc1. The predicted molar refractivity (Wildman–Crippen MR) is 77.2 cm³/mol. The highest BCUT2D eigenvalue weighted by Crippen LogP contribution is 2.21. The van der Waals surface area contributed by atoms with E-state index in [2.05, 4.69) is 5.32 Å². The van der Waals surface area contributed by atoms with E-state index < -0.39 is 5.97 Å². The summed E-state index contributed by atoms with van der Waals surface area (Å²) < 4.78 is 0. The molecule has 1 fully saturated rings. The van der Waals surface area contributed by atoms with Gasteiger partial charge >= 0.3 is 12.0 Å². The number of hydrogen-bond acceptors (Lipinski definition) is 2. The van der Waals surface area contributed by atoms with E-state index in [4.69, 9.17) is 16.7 Å². The zero-order chi connectivity index (χ0) is 14.5. The van der Waals surface area contributed by atoms with Crippen molar-refractivity contribution in [1.29, 1.82) is 0 Å². The van der Waals surface area contributed by atoms with Gasteiger partial charge in [-0.15, -0.1) is 0 Å². The molecule has 1 aliphatic rings. The summed E-state index contributed by atoms with van der Waals surface area (Å²) in [5.74, 6) is -1.05. The van der Waals surface area contributed by atoms with E-state index in [1.807, 2.05) is 0 Å². The molecule has 1 aromatic rings. The van der Waals surface area contributed by atoms with Gasteiger partial charge in [0.05, 0.1) is 0 Å². The maximum Gasteiger partial charge on any atom is 0.323 e. The Balaban J connectivity index is 2.11. The molecule has 2 amide bonds. The number of anilines is 1. The smallest absolute Gasteiger partial charge is 0.323 e. The molecular weight excluding hydrogens is 280 g/mol. The van der Waals surface area contributed by atoms with E-state index in [1.165, 1.54) is 4.90 Å². The Labute approximate surface area is 122 Å². The van der Waals surface area contributed by atoms with Crippen LogP contribution in [-0.4, -0.2) is 29.7 Å². The number of benzene rings is 1. The van der Waals surface area contributed by atoms with E-state index in [0.29, 0.717) is 10.7 Å². The minimum Gasteiger partial charge on any atom is -0.480 e. The first-order chi connectivity index (χ1) is 9.56. The van der Waals surface area contributed by atoms with Gasteiger partial charge in [-0.3, -0.25) is 9.69 Å². The van der Waals surface area contributed by atoms with Gasteiger partial charge in [0.1, 0.15) is 6.54 Å². The average Bonchev–Trinajstić information content (AvgIpc) is 2.89. The van der Waals surface area contributed by atoms with Gasteiger partial charge in [-0.05, 0) is 37.1 Å². The van der Waals surface area contributed by atoms with Crippen molar-refractivity contribution in [3.8, 4) is 0 Å². The number of amides is 2. The molecule has 0 spiro atoms. The van der Waals surface area contributed by atoms with Gasteiger partial charge < -0.3 is 10.4 Å². The summed E-state index contributed by atoms with van der Waals surface area (Å²) in [7, 11) is 0. The van der Waals surface area contributed by atoms with Crippen molar-refractivity contribution in [2.75, 3.05) is 11.4 Å². The number of carbonyl (C=O) groups is 2. The molecule has 6 heteroatoms. The molecule has 1 aliphatic carbocycles. The normalized spacial score (nSPS) is 15.1. The van der Waals surface area contributed by atoms with Gasteiger partial charge in [0.15, 0.2) is 0 Å². The van der Waals surface area contributed by atoms with Crippen LogP contribution in [0.1, 0.15) is 25.7 Å². The molecule has 0 radical (unpaired) electrons. The Morgan fingerprint density at radius 2 is 1.85 bits per heavy atom. The first-order valence-corrected chi connectivity index (χ1v) is 6.99. The summed E-state index contributed by atoms with van der Waals surface area (Å²) in [6.45, 7) is -0.375. The molecule has 108 valence electrons. The summed E-state index contributed by atoms with van der Waals surface area (Å²) in [5, 5.41) is 12.4. The van der Waals surface area contributed by atoms with Gasteiger partial charge in [-0.25, -0.2) is 4.79 Å². The molecule has 2 rings (SSSR count). The fourth-order valence-electron chi connectivity index (χ4n) is 2.36. The first kappa shape index (κ1) is 14.7. The molecule has 5 nitrogen and oxygen atoms in total. The quantitative estimate of drug-likeness (QED) is 0.897. The van der Waals surface area contributed by atoms with Crippen LogP contribution < -0.4 is 10.2 Å². The van der Waals surface area contributed by atoms with Crippen LogP contribution in [-0.2, 0) is 4.79 Å². The van der Waals surface area contributed by atoms with Crippen LogP contribution in [0.15, 0.2) is 24.3 Å². The van der Waals surface area contributed by atoms with Crippen molar-refractivity contribution in [2.24, 2.45) is 0 Å². The number of carboxylic acid groups (broad SMARTS) is 1. The van der Waals surface area contributed by atoms with E-state index in [9.17, 15) is 9.59 Å². The van der Waals surface area contributed by atoms with Gasteiger partial charge in [-0.1, -0.05) is 24.4 Å². The molecule has 0 aliphatic heterocycles. The average molecular weight is 297 g/mol. The van der Waals surface area contributed by atoms with Gasteiger partial charge in [0, 0.05) is 16.8 Å². The maximum atomic E-state index is 12.2. The maximum absolute atomic E-state index is 12.2. The second-order valence-corrected chi connectivity index (χ2v) is 5.32. The van der Waals surface area contributed by atoms with Crippen molar-refractivity contribution in [3.05, 3.63) is 29.3 Å². The van der Waals surface area contributed by atoms with E-state index >= 15 is 0 Å². The molecular formula is C14H17ClN2O3. The summed E-state index contributed by atoms with van der Waals surface area (Å²) in [4.78, 5) is 24.4. The molecule has 1 aromatic carbocycles. The molecule has 0 bridgehead atoms. The van der Waals surface area contributed by atoms with Gasteiger partial charge in [0.25, 0.3) is 0 Å². The first-order valence-electron chi connectivity index (χ1n) is 6.61. The Kier molecular flexibility index (Phi) is 4.84. The number of halogens is 1.